The van der Waals surface area contributed by atoms with Crippen LogP contribution in [0.2, 0.25) is 0 Å². The lowest BCUT2D eigenvalue weighted by atomic mass is 10.1. The lowest BCUT2D eigenvalue weighted by Crippen LogP contribution is -2.38. The van der Waals surface area contributed by atoms with Gasteiger partial charge in [-0.1, -0.05) is 13.0 Å². The molecule has 0 unspecified atom stereocenters. The van der Waals surface area contributed by atoms with Gasteiger partial charge >= 0.3 is 0 Å². The number of amides is 1. The molecule has 0 fully saturated rings. The summed E-state index contributed by atoms with van der Waals surface area (Å²) in [5.41, 5.74) is -0.226. The van der Waals surface area contributed by atoms with Gasteiger partial charge in [0.05, 0.1) is 4.90 Å². The Balaban J connectivity index is 2.15. The average Bonchev–Trinajstić information content (AvgIpc) is 3.08. The van der Waals surface area contributed by atoms with Gasteiger partial charge in [-0.25, -0.2) is 13.1 Å². The van der Waals surface area contributed by atoms with Gasteiger partial charge in [0.1, 0.15) is 5.60 Å². The van der Waals surface area contributed by atoms with E-state index in [1.54, 1.807) is 45.0 Å². The highest BCUT2D eigenvalue weighted by Crippen LogP contribution is 2.26. The zero-order chi connectivity index (χ0) is 18.7. The number of aliphatic hydroxyl groups is 1. The topological polar surface area (TPSA) is 95.5 Å². The van der Waals surface area contributed by atoms with Crippen LogP contribution in [0.4, 0.5) is 5.69 Å². The minimum Gasteiger partial charge on any atom is -0.383 e. The third kappa shape index (κ3) is 4.88. The Morgan fingerprint density at radius 3 is 2.60 bits per heavy atom. The van der Waals surface area contributed by atoms with Gasteiger partial charge in [-0.3, -0.25) is 4.79 Å². The fraction of sp³-hybridized carbons (Fsp3) is 0.353. The highest BCUT2D eigenvalue weighted by atomic mass is 32.2. The molecule has 3 N–H and O–H groups in total. The van der Waals surface area contributed by atoms with E-state index in [0.717, 1.165) is 0 Å². The van der Waals surface area contributed by atoms with Crippen molar-refractivity contribution in [3.8, 4) is 0 Å². The number of sulfonamides is 1. The normalized spacial score (nSPS) is 14.1. The van der Waals surface area contributed by atoms with E-state index >= 15 is 0 Å². The molecule has 2 rings (SSSR count). The zero-order valence-electron chi connectivity index (χ0n) is 14.4. The first-order valence-corrected chi connectivity index (χ1v) is 10.2. The number of thiophene rings is 1. The maximum Gasteiger partial charge on any atom is 0.240 e. The molecule has 0 aliphatic rings. The summed E-state index contributed by atoms with van der Waals surface area (Å²) in [7, 11) is -3.78. The van der Waals surface area contributed by atoms with E-state index in [2.05, 4.69) is 10.0 Å². The number of rotatable bonds is 7. The van der Waals surface area contributed by atoms with Crippen molar-refractivity contribution in [2.45, 2.75) is 37.7 Å². The molecule has 0 saturated carbocycles. The molecule has 0 radical (unpaired) electrons. The van der Waals surface area contributed by atoms with Crippen LogP contribution in [0, 0.1) is 6.92 Å². The van der Waals surface area contributed by atoms with Crippen molar-refractivity contribution < 1.29 is 18.3 Å². The van der Waals surface area contributed by atoms with Gasteiger partial charge < -0.3 is 10.4 Å². The van der Waals surface area contributed by atoms with Gasteiger partial charge in [-0.05, 0) is 49.1 Å². The minimum atomic E-state index is -3.78. The quantitative estimate of drug-likeness (QED) is 0.686. The van der Waals surface area contributed by atoms with Gasteiger partial charge in [0.25, 0.3) is 0 Å². The van der Waals surface area contributed by atoms with Gasteiger partial charge in [0, 0.05) is 23.5 Å². The Kier molecular flexibility index (Phi) is 5.99. The Bertz CT molecular complexity index is 844. The SMILES string of the molecule is CCC(=O)Nc1ccc(S(=O)(=O)NC[C@@](C)(O)c2cccs2)c(C)c1. The molecule has 0 aliphatic carbocycles. The summed E-state index contributed by atoms with van der Waals surface area (Å²) in [6.07, 6.45) is 0.346. The number of anilines is 1. The van der Waals surface area contributed by atoms with Crippen molar-refractivity contribution in [1.82, 2.24) is 4.72 Å². The first-order chi connectivity index (χ1) is 11.7. The number of carbonyl (C=O) groups excluding carboxylic acids is 1. The highest BCUT2D eigenvalue weighted by molar-refractivity contribution is 7.89. The predicted octanol–water partition coefficient (Wildman–Crippen LogP) is 2.59. The van der Waals surface area contributed by atoms with Crippen molar-refractivity contribution in [2.24, 2.45) is 0 Å². The number of hydrogen-bond donors (Lipinski definition) is 3. The molecule has 8 heteroatoms. The van der Waals surface area contributed by atoms with E-state index in [1.165, 1.54) is 17.4 Å². The van der Waals surface area contributed by atoms with Crippen LogP contribution in [0.3, 0.4) is 0 Å². The number of aryl methyl sites for hydroxylation is 1. The molecule has 1 atom stereocenters. The number of benzene rings is 1. The number of carbonyl (C=O) groups is 1. The van der Waals surface area contributed by atoms with Gasteiger partial charge in [0.2, 0.25) is 15.9 Å². The lowest BCUT2D eigenvalue weighted by molar-refractivity contribution is -0.115. The minimum absolute atomic E-state index is 0.115. The van der Waals surface area contributed by atoms with Crippen LogP contribution in [0.15, 0.2) is 40.6 Å². The van der Waals surface area contributed by atoms with Crippen LogP contribution in [-0.4, -0.2) is 26.0 Å². The van der Waals surface area contributed by atoms with E-state index in [0.29, 0.717) is 22.5 Å². The highest BCUT2D eigenvalue weighted by Gasteiger charge is 2.27. The molecule has 136 valence electrons. The van der Waals surface area contributed by atoms with Crippen molar-refractivity contribution >= 4 is 33.0 Å². The monoisotopic (exact) mass is 382 g/mol. The third-order valence-corrected chi connectivity index (χ3v) is 6.41. The van der Waals surface area contributed by atoms with Crippen molar-refractivity contribution in [2.75, 3.05) is 11.9 Å². The maximum atomic E-state index is 12.6. The van der Waals surface area contributed by atoms with E-state index in [1.807, 2.05) is 5.38 Å². The summed E-state index contributed by atoms with van der Waals surface area (Å²) < 4.78 is 27.6. The smallest absolute Gasteiger partial charge is 0.240 e. The Hall–Kier alpha value is -1.74. The van der Waals surface area contributed by atoms with E-state index in [9.17, 15) is 18.3 Å². The first kappa shape index (κ1) is 19.6. The zero-order valence-corrected chi connectivity index (χ0v) is 16.0. The molecular weight excluding hydrogens is 360 g/mol. The number of hydrogen-bond acceptors (Lipinski definition) is 5. The van der Waals surface area contributed by atoms with Crippen molar-refractivity contribution in [1.29, 1.82) is 0 Å². The molecule has 1 heterocycles. The second-order valence-corrected chi connectivity index (χ2v) is 8.64. The van der Waals surface area contributed by atoms with Crippen LogP contribution in [0.5, 0.6) is 0 Å². The summed E-state index contributed by atoms with van der Waals surface area (Å²) in [6, 6.07) is 8.17. The maximum absolute atomic E-state index is 12.6. The standard InChI is InChI=1S/C17H22N2O4S2/c1-4-16(20)19-13-7-8-14(12(2)10-13)25(22,23)18-11-17(3,21)15-6-5-9-24-15/h5-10,18,21H,4,11H2,1-3H3,(H,19,20)/t17-/m1/s1. The van der Waals surface area contributed by atoms with E-state index < -0.39 is 15.6 Å². The second kappa shape index (κ2) is 7.65. The summed E-state index contributed by atoms with van der Waals surface area (Å²) in [4.78, 5) is 12.2. The van der Waals surface area contributed by atoms with Crippen LogP contribution >= 0.6 is 11.3 Å². The Morgan fingerprint density at radius 2 is 2.04 bits per heavy atom. The van der Waals surface area contributed by atoms with Crippen LogP contribution in [0.25, 0.3) is 0 Å². The van der Waals surface area contributed by atoms with Gasteiger partial charge in [-0.2, -0.15) is 0 Å². The molecule has 1 aromatic carbocycles. The van der Waals surface area contributed by atoms with E-state index in [4.69, 9.17) is 0 Å². The fourth-order valence-electron chi connectivity index (χ4n) is 2.26. The molecular formula is C17H22N2O4S2. The summed E-state index contributed by atoms with van der Waals surface area (Å²) in [6.45, 7) is 4.83. The lowest BCUT2D eigenvalue weighted by Gasteiger charge is -2.22. The average molecular weight is 383 g/mol. The van der Waals surface area contributed by atoms with Crippen LogP contribution in [-0.2, 0) is 20.4 Å². The molecule has 0 saturated heterocycles. The second-order valence-electron chi connectivity index (χ2n) is 5.96. The van der Waals surface area contributed by atoms with Crippen LogP contribution < -0.4 is 10.0 Å². The number of nitrogens with one attached hydrogen (secondary N) is 2. The summed E-state index contributed by atoms with van der Waals surface area (Å²) in [5, 5.41) is 15.0. The largest absolute Gasteiger partial charge is 0.383 e. The van der Waals surface area contributed by atoms with E-state index in [-0.39, 0.29) is 17.3 Å². The summed E-state index contributed by atoms with van der Waals surface area (Å²) >= 11 is 1.36. The molecule has 0 spiro atoms. The molecule has 25 heavy (non-hydrogen) atoms. The van der Waals surface area contributed by atoms with Crippen LogP contribution in [0.1, 0.15) is 30.7 Å². The molecule has 6 nitrogen and oxygen atoms in total. The Labute approximate surface area is 151 Å². The third-order valence-electron chi connectivity index (χ3n) is 3.73. The summed E-state index contributed by atoms with van der Waals surface area (Å²) in [5.74, 6) is -0.139. The van der Waals surface area contributed by atoms with Crippen molar-refractivity contribution in [3.63, 3.8) is 0 Å². The predicted molar refractivity (Wildman–Crippen MR) is 99.2 cm³/mol. The first-order valence-electron chi connectivity index (χ1n) is 7.82. The molecule has 0 bridgehead atoms. The molecule has 2 aromatic rings. The fourth-order valence-corrected chi connectivity index (χ4v) is 4.41. The molecule has 0 aliphatic heterocycles. The van der Waals surface area contributed by atoms with Gasteiger partial charge in [-0.15, -0.1) is 11.3 Å². The van der Waals surface area contributed by atoms with Crippen molar-refractivity contribution in [3.05, 3.63) is 46.2 Å². The Morgan fingerprint density at radius 1 is 1.32 bits per heavy atom. The molecule has 1 aromatic heterocycles. The molecule has 1 amide bonds. The van der Waals surface area contributed by atoms with Gasteiger partial charge in [0.15, 0.2) is 0 Å².